The van der Waals surface area contributed by atoms with Crippen molar-refractivity contribution in [2.75, 3.05) is 18.8 Å². The summed E-state index contributed by atoms with van der Waals surface area (Å²) >= 11 is 0.900. The molecule has 24 heavy (non-hydrogen) atoms. The molecular weight excluding hydrogens is 339 g/mol. The predicted molar refractivity (Wildman–Crippen MR) is 84.5 cm³/mol. The van der Waals surface area contributed by atoms with Gasteiger partial charge in [0.1, 0.15) is 11.1 Å². The highest BCUT2D eigenvalue weighted by molar-refractivity contribution is 8.00. The van der Waals surface area contributed by atoms with Crippen molar-refractivity contribution in [1.82, 2.24) is 9.88 Å². The monoisotopic (exact) mass is 357 g/mol. The first kappa shape index (κ1) is 18.6. The third-order valence-electron chi connectivity index (χ3n) is 3.82. The van der Waals surface area contributed by atoms with Gasteiger partial charge >= 0.3 is 6.18 Å². The highest BCUT2D eigenvalue weighted by Gasteiger charge is 2.35. The fourth-order valence-corrected chi connectivity index (χ4v) is 3.57. The standard InChI is InChI=1S/C16H18F3N3OS/c1-11-8-13(16(17,18)19)12(9-20)15(21-11)24-10-14(23)22-6-4-2-3-5-7-22/h8H,2-7,10H2,1H3. The van der Waals surface area contributed by atoms with Crippen molar-refractivity contribution in [1.29, 1.82) is 5.26 Å². The maximum absolute atomic E-state index is 13.1. The smallest absolute Gasteiger partial charge is 0.342 e. The molecule has 1 saturated heterocycles. The van der Waals surface area contributed by atoms with Crippen LogP contribution < -0.4 is 0 Å². The molecule has 1 aromatic heterocycles. The molecule has 1 aliphatic rings. The van der Waals surface area contributed by atoms with Crippen LogP contribution in [0.2, 0.25) is 0 Å². The number of hydrogen-bond donors (Lipinski definition) is 0. The quantitative estimate of drug-likeness (QED) is 0.773. The van der Waals surface area contributed by atoms with E-state index in [1.54, 1.807) is 11.0 Å². The lowest BCUT2D eigenvalue weighted by atomic mass is 10.1. The van der Waals surface area contributed by atoms with Crippen molar-refractivity contribution in [3.8, 4) is 6.07 Å². The van der Waals surface area contributed by atoms with Crippen LogP contribution in [0.3, 0.4) is 0 Å². The van der Waals surface area contributed by atoms with E-state index in [9.17, 15) is 18.0 Å². The Morgan fingerprint density at radius 3 is 2.50 bits per heavy atom. The number of amides is 1. The average Bonchev–Trinajstić information content (AvgIpc) is 2.80. The number of aromatic nitrogens is 1. The number of rotatable bonds is 3. The molecule has 0 atom stereocenters. The summed E-state index contributed by atoms with van der Waals surface area (Å²) in [4.78, 5) is 18.0. The van der Waals surface area contributed by atoms with Crippen LogP contribution in [0.4, 0.5) is 13.2 Å². The normalized spacial score (nSPS) is 15.7. The molecule has 0 spiro atoms. The number of carbonyl (C=O) groups excluding carboxylic acids is 1. The summed E-state index contributed by atoms with van der Waals surface area (Å²) in [6.45, 7) is 2.80. The number of nitriles is 1. The van der Waals surface area contributed by atoms with Crippen LogP contribution in [0.5, 0.6) is 0 Å². The molecule has 2 rings (SSSR count). The van der Waals surface area contributed by atoms with Gasteiger partial charge in [-0.15, -0.1) is 0 Å². The minimum Gasteiger partial charge on any atom is -0.342 e. The third-order valence-corrected chi connectivity index (χ3v) is 4.78. The number of carbonyl (C=O) groups is 1. The molecule has 0 saturated carbocycles. The molecule has 0 radical (unpaired) electrons. The van der Waals surface area contributed by atoms with Crippen LogP contribution in [-0.4, -0.2) is 34.6 Å². The second-order valence-corrected chi connectivity index (χ2v) is 6.65. The molecule has 1 fully saturated rings. The zero-order valence-electron chi connectivity index (χ0n) is 13.3. The van der Waals surface area contributed by atoms with E-state index in [1.807, 2.05) is 0 Å². The molecule has 8 heteroatoms. The van der Waals surface area contributed by atoms with E-state index in [4.69, 9.17) is 5.26 Å². The minimum absolute atomic E-state index is 0.0115. The Kier molecular flexibility index (Phi) is 6.10. The number of thioether (sulfide) groups is 1. The maximum Gasteiger partial charge on any atom is 0.417 e. The Bertz CT molecular complexity index is 647. The Hall–Kier alpha value is -1.75. The van der Waals surface area contributed by atoms with E-state index in [2.05, 4.69) is 4.98 Å². The lowest BCUT2D eigenvalue weighted by Gasteiger charge is -2.20. The second-order valence-electron chi connectivity index (χ2n) is 5.68. The molecule has 0 aliphatic carbocycles. The van der Waals surface area contributed by atoms with Crippen LogP contribution in [0.15, 0.2) is 11.1 Å². The molecule has 0 aromatic carbocycles. The molecule has 0 bridgehead atoms. The number of likely N-dealkylation sites (tertiary alicyclic amines) is 1. The van der Waals surface area contributed by atoms with Crippen LogP contribution in [-0.2, 0) is 11.0 Å². The van der Waals surface area contributed by atoms with E-state index in [1.165, 1.54) is 6.92 Å². The topological polar surface area (TPSA) is 57.0 Å². The van der Waals surface area contributed by atoms with E-state index in [0.29, 0.717) is 13.1 Å². The van der Waals surface area contributed by atoms with Crippen molar-refractivity contribution in [3.63, 3.8) is 0 Å². The summed E-state index contributed by atoms with van der Waals surface area (Å²) in [6.07, 6.45) is -0.557. The van der Waals surface area contributed by atoms with Crippen LogP contribution >= 0.6 is 11.8 Å². The number of halogens is 3. The van der Waals surface area contributed by atoms with Gasteiger partial charge in [-0.05, 0) is 25.8 Å². The first-order chi connectivity index (χ1) is 11.3. The van der Waals surface area contributed by atoms with Gasteiger partial charge < -0.3 is 4.90 Å². The van der Waals surface area contributed by atoms with Crippen LogP contribution in [0.25, 0.3) is 0 Å². The largest absolute Gasteiger partial charge is 0.417 e. The van der Waals surface area contributed by atoms with Crippen LogP contribution in [0.1, 0.15) is 42.5 Å². The Balaban J connectivity index is 2.16. The van der Waals surface area contributed by atoms with Crippen molar-refractivity contribution < 1.29 is 18.0 Å². The number of aryl methyl sites for hydroxylation is 1. The lowest BCUT2D eigenvalue weighted by molar-refractivity contribution is -0.138. The van der Waals surface area contributed by atoms with Gasteiger partial charge in [0, 0.05) is 18.8 Å². The van der Waals surface area contributed by atoms with Gasteiger partial charge in [-0.3, -0.25) is 4.79 Å². The van der Waals surface area contributed by atoms with Crippen molar-refractivity contribution >= 4 is 17.7 Å². The van der Waals surface area contributed by atoms with E-state index >= 15 is 0 Å². The van der Waals surface area contributed by atoms with Crippen molar-refractivity contribution in [3.05, 3.63) is 22.9 Å². The van der Waals surface area contributed by atoms with Gasteiger partial charge in [-0.25, -0.2) is 4.98 Å². The zero-order valence-corrected chi connectivity index (χ0v) is 14.1. The van der Waals surface area contributed by atoms with E-state index in [0.717, 1.165) is 43.5 Å². The van der Waals surface area contributed by atoms with Gasteiger partial charge in [-0.2, -0.15) is 18.4 Å². The third kappa shape index (κ3) is 4.63. The molecule has 1 aromatic rings. The maximum atomic E-state index is 13.1. The summed E-state index contributed by atoms with van der Waals surface area (Å²) in [5, 5.41) is 9.07. The van der Waals surface area contributed by atoms with Gasteiger partial charge in [0.2, 0.25) is 5.91 Å². The number of pyridine rings is 1. The van der Waals surface area contributed by atoms with Crippen molar-refractivity contribution in [2.45, 2.75) is 43.8 Å². The summed E-state index contributed by atoms with van der Waals surface area (Å²) in [5.74, 6) is -0.134. The molecule has 4 nitrogen and oxygen atoms in total. The van der Waals surface area contributed by atoms with Crippen LogP contribution in [0, 0.1) is 18.3 Å². The van der Waals surface area contributed by atoms with E-state index in [-0.39, 0.29) is 22.4 Å². The first-order valence-electron chi connectivity index (χ1n) is 7.72. The molecule has 2 heterocycles. The molecule has 130 valence electrons. The summed E-state index contributed by atoms with van der Waals surface area (Å²) in [7, 11) is 0. The summed E-state index contributed by atoms with van der Waals surface area (Å²) < 4.78 is 39.2. The first-order valence-corrected chi connectivity index (χ1v) is 8.71. The summed E-state index contributed by atoms with van der Waals surface area (Å²) in [5.41, 5.74) is -1.34. The lowest BCUT2D eigenvalue weighted by Crippen LogP contribution is -2.33. The SMILES string of the molecule is Cc1cc(C(F)(F)F)c(C#N)c(SCC(=O)N2CCCCCC2)n1. The minimum atomic E-state index is -4.62. The van der Waals surface area contributed by atoms with Crippen molar-refractivity contribution in [2.24, 2.45) is 0 Å². The van der Waals surface area contributed by atoms with Gasteiger partial charge in [0.05, 0.1) is 16.9 Å². The number of alkyl halides is 3. The Morgan fingerprint density at radius 1 is 1.33 bits per heavy atom. The molecule has 1 amide bonds. The Labute approximate surface area is 143 Å². The fraction of sp³-hybridized carbons (Fsp3) is 0.562. The van der Waals surface area contributed by atoms with Gasteiger partial charge in [-0.1, -0.05) is 24.6 Å². The zero-order chi connectivity index (χ0) is 17.7. The van der Waals surface area contributed by atoms with Gasteiger partial charge in [0.15, 0.2) is 0 Å². The second kappa shape index (κ2) is 7.88. The number of nitrogens with zero attached hydrogens (tertiary/aromatic N) is 3. The highest BCUT2D eigenvalue weighted by atomic mass is 32.2. The number of hydrogen-bond acceptors (Lipinski definition) is 4. The average molecular weight is 357 g/mol. The summed E-state index contributed by atoms with van der Waals surface area (Å²) in [6, 6.07) is 2.44. The fourth-order valence-electron chi connectivity index (χ4n) is 2.62. The predicted octanol–water partition coefficient (Wildman–Crippen LogP) is 3.78. The molecule has 0 unspecified atom stereocenters. The molecule has 1 aliphatic heterocycles. The Morgan fingerprint density at radius 2 is 1.96 bits per heavy atom. The molecular formula is C16H18F3N3OS. The van der Waals surface area contributed by atoms with E-state index < -0.39 is 17.3 Å². The highest BCUT2D eigenvalue weighted by Crippen LogP contribution is 2.35. The molecule has 0 N–H and O–H groups in total. The van der Waals surface area contributed by atoms with Gasteiger partial charge in [0.25, 0.3) is 0 Å².